The summed E-state index contributed by atoms with van der Waals surface area (Å²) in [4.78, 5) is 24.9. The molecule has 0 aliphatic heterocycles. The lowest BCUT2D eigenvalue weighted by Gasteiger charge is -2.16. The van der Waals surface area contributed by atoms with E-state index < -0.39 is 12.0 Å². The number of rotatable bonds is 4. The lowest BCUT2D eigenvalue weighted by Crippen LogP contribution is -2.39. The van der Waals surface area contributed by atoms with E-state index in [4.69, 9.17) is 5.11 Å². The van der Waals surface area contributed by atoms with Crippen molar-refractivity contribution in [2.45, 2.75) is 45.6 Å². The molecule has 0 radical (unpaired) electrons. The molecule has 2 rings (SSSR count). The van der Waals surface area contributed by atoms with Crippen molar-refractivity contribution in [3.63, 3.8) is 0 Å². The van der Waals surface area contributed by atoms with Gasteiger partial charge >= 0.3 is 5.97 Å². The van der Waals surface area contributed by atoms with Gasteiger partial charge in [-0.3, -0.25) is 4.79 Å². The van der Waals surface area contributed by atoms with Gasteiger partial charge in [-0.2, -0.15) is 0 Å². The van der Waals surface area contributed by atoms with E-state index in [2.05, 4.69) is 12.2 Å². The molecule has 1 aliphatic carbocycles. The Morgan fingerprint density at radius 2 is 2.32 bits per heavy atom. The number of aliphatic carboxylic acids is 1. The van der Waals surface area contributed by atoms with Crippen LogP contribution in [0.2, 0.25) is 0 Å². The fourth-order valence-corrected chi connectivity index (χ4v) is 3.50. The molecule has 0 aromatic carbocycles. The topological polar surface area (TPSA) is 66.4 Å². The summed E-state index contributed by atoms with van der Waals surface area (Å²) in [6, 6.07) is 1.13. The van der Waals surface area contributed by atoms with Crippen molar-refractivity contribution in [3.05, 3.63) is 21.4 Å². The molecule has 0 saturated carbocycles. The molecular weight excluding hydrogens is 262 g/mol. The fourth-order valence-electron chi connectivity index (χ4n) is 2.39. The average molecular weight is 281 g/mol. The van der Waals surface area contributed by atoms with Gasteiger partial charge in [0.1, 0.15) is 6.04 Å². The van der Waals surface area contributed by atoms with Crippen LogP contribution in [0.4, 0.5) is 0 Å². The van der Waals surface area contributed by atoms with Crippen LogP contribution in [0.15, 0.2) is 6.07 Å². The van der Waals surface area contributed by atoms with E-state index in [0.29, 0.717) is 17.2 Å². The van der Waals surface area contributed by atoms with Crippen LogP contribution in [0.25, 0.3) is 0 Å². The zero-order chi connectivity index (χ0) is 14.0. The molecule has 2 N–H and O–H groups in total. The average Bonchev–Trinajstić information content (AvgIpc) is 2.78. The summed E-state index contributed by atoms with van der Waals surface area (Å²) in [5.74, 6) is -0.576. The summed E-state index contributed by atoms with van der Waals surface area (Å²) in [5.41, 5.74) is 1.26. The minimum absolute atomic E-state index is 0.263. The number of hydrogen-bond acceptors (Lipinski definition) is 3. The van der Waals surface area contributed by atoms with Gasteiger partial charge < -0.3 is 10.4 Å². The molecule has 0 bridgehead atoms. The number of amides is 1. The van der Waals surface area contributed by atoms with Gasteiger partial charge in [-0.1, -0.05) is 13.8 Å². The normalized spacial score (nSPS) is 19.6. The number of carbonyl (C=O) groups excluding carboxylic acids is 1. The van der Waals surface area contributed by atoms with Gasteiger partial charge in [0.25, 0.3) is 5.91 Å². The first-order valence-electron chi connectivity index (χ1n) is 6.66. The monoisotopic (exact) mass is 281 g/mol. The zero-order valence-electron chi connectivity index (χ0n) is 11.2. The lowest BCUT2D eigenvalue weighted by molar-refractivity contribution is -0.139. The van der Waals surface area contributed by atoms with Gasteiger partial charge in [-0.05, 0) is 43.2 Å². The Balaban J connectivity index is 2.10. The largest absolute Gasteiger partial charge is 0.480 e. The van der Waals surface area contributed by atoms with Gasteiger partial charge in [0.2, 0.25) is 0 Å². The molecular formula is C14H19NO3S. The number of hydrogen-bond donors (Lipinski definition) is 2. The Morgan fingerprint density at radius 3 is 2.95 bits per heavy atom. The summed E-state index contributed by atoms with van der Waals surface area (Å²) in [6.45, 7) is 3.97. The summed E-state index contributed by atoms with van der Waals surface area (Å²) in [6.07, 6.45) is 3.62. The number of aryl methyl sites for hydroxylation is 1. The highest BCUT2D eigenvalue weighted by atomic mass is 32.1. The van der Waals surface area contributed by atoms with E-state index in [1.54, 1.807) is 6.92 Å². The summed E-state index contributed by atoms with van der Waals surface area (Å²) in [7, 11) is 0. The standard InChI is InChI=1S/C14H19NO3S/c1-3-10(14(17)18)15-13(16)12-7-9-6-8(2)4-5-11(9)19-12/h7-8,10H,3-6H2,1-2H3,(H,15,16)(H,17,18)/t8?,10-/m0/s1. The van der Waals surface area contributed by atoms with E-state index in [1.165, 1.54) is 28.2 Å². The molecule has 1 aromatic rings. The second-order valence-corrected chi connectivity index (χ2v) is 6.32. The Morgan fingerprint density at radius 1 is 1.58 bits per heavy atom. The van der Waals surface area contributed by atoms with Gasteiger partial charge in [0.15, 0.2) is 0 Å². The van der Waals surface area contributed by atoms with Crippen molar-refractivity contribution in [2.24, 2.45) is 5.92 Å². The molecule has 19 heavy (non-hydrogen) atoms. The smallest absolute Gasteiger partial charge is 0.326 e. The first-order valence-corrected chi connectivity index (χ1v) is 7.48. The third kappa shape index (κ3) is 3.15. The highest BCUT2D eigenvalue weighted by Gasteiger charge is 2.23. The number of thiophene rings is 1. The van der Waals surface area contributed by atoms with Crippen LogP contribution < -0.4 is 5.32 Å². The number of nitrogens with one attached hydrogen (secondary N) is 1. The quantitative estimate of drug-likeness (QED) is 0.891. The van der Waals surface area contributed by atoms with Crippen LogP contribution in [0.1, 0.15) is 46.8 Å². The van der Waals surface area contributed by atoms with Crippen molar-refractivity contribution in [2.75, 3.05) is 0 Å². The third-order valence-electron chi connectivity index (χ3n) is 3.56. The van der Waals surface area contributed by atoms with Crippen molar-refractivity contribution in [1.29, 1.82) is 0 Å². The number of carboxylic acids is 1. The Labute approximate surface area is 116 Å². The molecule has 1 heterocycles. The second kappa shape index (κ2) is 5.74. The van der Waals surface area contributed by atoms with E-state index in [-0.39, 0.29) is 5.91 Å². The van der Waals surface area contributed by atoms with Crippen LogP contribution in [-0.2, 0) is 17.6 Å². The van der Waals surface area contributed by atoms with E-state index >= 15 is 0 Å². The molecule has 4 nitrogen and oxygen atoms in total. The van der Waals surface area contributed by atoms with Crippen LogP contribution >= 0.6 is 11.3 Å². The molecule has 1 aliphatic rings. The molecule has 104 valence electrons. The van der Waals surface area contributed by atoms with Crippen molar-refractivity contribution in [1.82, 2.24) is 5.32 Å². The zero-order valence-corrected chi connectivity index (χ0v) is 12.0. The Bertz CT molecular complexity index is 495. The number of fused-ring (bicyclic) bond motifs is 1. The van der Waals surface area contributed by atoms with Crippen LogP contribution in [0.5, 0.6) is 0 Å². The maximum absolute atomic E-state index is 12.1. The SMILES string of the molecule is CC[C@H](NC(=O)c1cc2c(s1)CCC(C)C2)C(=O)O. The maximum atomic E-state index is 12.1. The minimum atomic E-state index is -0.981. The molecule has 0 spiro atoms. The number of carboxylic acid groups (broad SMARTS) is 1. The highest BCUT2D eigenvalue weighted by molar-refractivity contribution is 7.14. The Kier molecular flexibility index (Phi) is 4.24. The molecule has 0 fully saturated rings. The fraction of sp³-hybridized carbons (Fsp3) is 0.571. The first-order chi connectivity index (χ1) is 9.01. The van der Waals surface area contributed by atoms with Gasteiger partial charge in [0, 0.05) is 4.88 Å². The van der Waals surface area contributed by atoms with Gasteiger partial charge in [-0.15, -0.1) is 11.3 Å². The molecule has 0 saturated heterocycles. The predicted molar refractivity (Wildman–Crippen MR) is 74.7 cm³/mol. The van der Waals surface area contributed by atoms with Crippen LogP contribution in [0, 0.1) is 5.92 Å². The summed E-state index contributed by atoms with van der Waals surface area (Å²) in [5, 5.41) is 11.5. The molecule has 1 aromatic heterocycles. The third-order valence-corrected chi connectivity index (χ3v) is 4.80. The van der Waals surface area contributed by atoms with Crippen LogP contribution in [-0.4, -0.2) is 23.0 Å². The van der Waals surface area contributed by atoms with Crippen molar-refractivity contribution < 1.29 is 14.7 Å². The van der Waals surface area contributed by atoms with E-state index in [1.807, 2.05) is 6.07 Å². The van der Waals surface area contributed by atoms with E-state index in [9.17, 15) is 9.59 Å². The van der Waals surface area contributed by atoms with Gasteiger partial charge in [-0.25, -0.2) is 4.79 Å². The van der Waals surface area contributed by atoms with Crippen molar-refractivity contribution in [3.8, 4) is 0 Å². The lowest BCUT2D eigenvalue weighted by atomic mass is 9.90. The summed E-state index contributed by atoms with van der Waals surface area (Å²) < 4.78 is 0. The minimum Gasteiger partial charge on any atom is -0.480 e. The first kappa shape index (κ1) is 14.1. The number of carbonyl (C=O) groups is 2. The second-order valence-electron chi connectivity index (χ2n) is 5.18. The van der Waals surface area contributed by atoms with Crippen molar-refractivity contribution >= 4 is 23.2 Å². The van der Waals surface area contributed by atoms with E-state index in [0.717, 1.165) is 12.8 Å². The van der Waals surface area contributed by atoms with Crippen LogP contribution in [0.3, 0.4) is 0 Å². The Hall–Kier alpha value is -1.36. The molecule has 1 amide bonds. The molecule has 1 unspecified atom stereocenters. The molecule has 2 atom stereocenters. The van der Waals surface area contributed by atoms with Gasteiger partial charge in [0.05, 0.1) is 4.88 Å². The highest BCUT2D eigenvalue weighted by Crippen LogP contribution is 2.32. The molecule has 5 heteroatoms. The summed E-state index contributed by atoms with van der Waals surface area (Å²) >= 11 is 1.50. The maximum Gasteiger partial charge on any atom is 0.326 e. The predicted octanol–water partition coefficient (Wildman–Crippen LogP) is 2.47.